The smallest absolute Gasteiger partial charge is 0.337 e. The van der Waals surface area contributed by atoms with E-state index in [2.05, 4.69) is 6.58 Å². The standard InChI is InChI=1S/C15H16O6/c1-6-12-9-3-7(14(18)19-9)8(16)4-11-15(2,21-11)5-10(12)20-13(6)17/h3,8-12,16H,1,4-5H2,2H3/t8-,9+,10-,11-,12-,15-/m0/s1. The SMILES string of the molecule is C=C1C(=O)O[C@H]2C[C@]3(C)O[C@H]3C[C@H](O)C3=C[C@@H](OC3=O)[C@H]12. The lowest BCUT2D eigenvalue weighted by Crippen LogP contribution is -2.33. The zero-order valence-corrected chi connectivity index (χ0v) is 11.6. The Bertz CT molecular complexity index is 593. The van der Waals surface area contributed by atoms with Gasteiger partial charge in [0.25, 0.3) is 0 Å². The molecule has 6 heteroatoms. The Balaban J connectivity index is 1.75. The Hall–Kier alpha value is -1.66. The molecule has 1 aliphatic carbocycles. The van der Waals surface area contributed by atoms with E-state index in [0.717, 1.165) is 0 Å². The van der Waals surface area contributed by atoms with E-state index < -0.39 is 41.8 Å². The number of esters is 2. The largest absolute Gasteiger partial charge is 0.458 e. The third-order valence-electron chi connectivity index (χ3n) is 4.94. The molecule has 0 radical (unpaired) electrons. The van der Waals surface area contributed by atoms with Gasteiger partial charge in [0, 0.05) is 18.4 Å². The molecule has 4 rings (SSSR count). The summed E-state index contributed by atoms with van der Waals surface area (Å²) in [6, 6.07) is 0. The lowest BCUT2D eigenvalue weighted by molar-refractivity contribution is -0.143. The van der Waals surface area contributed by atoms with Crippen LogP contribution in [0.5, 0.6) is 0 Å². The first-order valence-electron chi connectivity index (χ1n) is 7.07. The molecule has 2 saturated heterocycles. The molecule has 0 unspecified atom stereocenters. The molecular weight excluding hydrogens is 276 g/mol. The van der Waals surface area contributed by atoms with Crippen LogP contribution in [-0.4, -0.2) is 47.1 Å². The number of aliphatic hydroxyl groups excluding tert-OH is 1. The van der Waals surface area contributed by atoms with Gasteiger partial charge in [-0.1, -0.05) is 6.58 Å². The number of carbonyl (C=O) groups excluding carboxylic acids is 2. The highest BCUT2D eigenvalue weighted by Crippen LogP contribution is 2.49. The lowest BCUT2D eigenvalue weighted by Gasteiger charge is -2.23. The lowest BCUT2D eigenvalue weighted by atomic mass is 9.83. The Morgan fingerprint density at radius 1 is 1.33 bits per heavy atom. The molecule has 0 aromatic carbocycles. The average molecular weight is 292 g/mol. The zero-order chi connectivity index (χ0) is 14.9. The van der Waals surface area contributed by atoms with E-state index in [0.29, 0.717) is 18.4 Å². The van der Waals surface area contributed by atoms with E-state index in [4.69, 9.17) is 14.2 Å². The summed E-state index contributed by atoms with van der Waals surface area (Å²) < 4.78 is 16.4. The van der Waals surface area contributed by atoms with Crippen molar-refractivity contribution in [2.75, 3.05) is 0 Å². The maximum absolute atomic E-state index is 11.9. The second-order valence-corrected chi connectivity index (χ2v) is 6.36. The summed E-state index contributed by atoms with van der Waals surface area (Å²) in [7, 11) is 0. The van der Waals surface area contributed by atoms with Gasteiger partial charge in [-0.05, 0) is 13.0 Å². The fourth-order valence-electron chi connectivity index (χ4n) is 3.62. The van der Waals surface area contributed by atoms with Crippen molar-refractivity contribution in [2.24, 2.45) is 5.92 Å². The molecule has 2 bridgehead atoms. The van der Waals surface area contributed by atoms with Gasteiger partial charge in [0.2, 0.25) is 0 Å². The summed E-state index contributed by atoms with van der Waals surface area (Å²) in [4.78, 5) is 23.7. The van der Waals surface area contributed by atoms with Crippen LogP contribution >= 0.6 is 0 Å². The van der Waals surface area contributed by atoms with E-state index >= 15 is 0 Å². The average Bonchev–Trinajstić information content (AvgIpc) is 2.73. The molecule has 6 atom stereocenters. The van der Waals surface area contributed by atoms with E-state index in [1.807, 2.05) is 6.92 Å². The minimum Gasteiger partial charge on any atom is -0.458 e. The molecule has 3 heterocycles. The molecule has 21 heavy (non-hydrogen) atoms. The van der Waals surface area contributed by atoms with Gasteiger partial charge < -0.3 is 19.3 Å². The molecule has 4 aliphatic rings. The van der Waals surface area contributed by atoms with Crippen LogP contribution in [0.4, 0.5) is 0 Å². The number of fused-ring (bicyclic) bond motifs is 4. The minimum atomic E-state index is -0.905. The van der Waals surface area contributed by atoms with Crippen LogP contribution < -0.4 is 0 Å². The van der Waals surface area contributed by atoms with Gasteiger partial charge in [-0.25, -0.2) is 9.59 Å². The predicted octanol–water partition coefficient (Wildman–Crippen LogP) is 0.248. The third kappa shape index (κ3) is 1.79. The van der Waals surface area contributed by atoms with Gasteiger partial charge in [0.15, 0.2) is 0 Å². The molecule has 112 valence electrons. The number of carbonyl (C=O) groups is 2. The number of epoxide rings is 1. The van der Waals surface area contributed by atoms with Crippen LogP contribution in [0.2, 0.25) is 0 Å². The second kappa shape index (κ2) is 3.96. The quantitative estimate of drug-likeness (QED) is 0.391. The predicted molar refractivity (Wildman–Crippen MR) is 69.0 cm³/mol. The van der Waals surface area contributed by atoms with Crippen LogP contribution in [-0.2, 0) is 23.8 Å². The third-order valence-corrected chi connectivity index (χ3v) is 4.94. The van der Waals surface area contributed by atoms with Crippen molar-refractivity contribution in [3.63, 3.8) is 0 Å². The van der Waals surface area contributed by atoms with Gasteiger partial charge >= 0.3 is 11.9 Å². The number of aliphatic hydroxyl groups is 1. The van der Waals surface area contributed by atoms with Crippen molar-refractivity contribution in [3.05, 3.63) is 23.8 Å². The first kappa shape index (κ1) is 13.0. The molecule has 6 nitrogen and oxygen atoms in total. The first-order chi connectivity index (χ1) is 9.89. The molecule has 0 amide bonds. The maximum Gasteiger partial charge on any atom is 0.337 e. The number of hydrogen-bond donors (Lipinski definition) is 1. The van der Waals surface area contributed by atoms with Crippen LogP contribution in [0.3, 0.4) is 0 Å². The van der Waals surface area contributed by atoms with E-state index in [-0.39, 0.29) is 11.7 Å². The molecule has 0 aromatic rings. The summed E-state index contributed by atoms with van der Waals surface area (Å²) in [5.74, 6) is -1.41. The molecule has 1 N–H and O–H groups in total. The highest BCUT2D eigenvalue weighted by atomic mass is 16.6. The highest BCUT2D eigenvalue weighted by Gasteiger charge is 2.59. The van der Waals surface area contributed by atoms with Crippen LogP contribution in [0.15, 0.2) is 23.8 Å². The molecule has 0 spiro atoms. The topological polar surface area (TPSA) is 85.4 Å². The van der Waals surface area contributed by atoms with Crippen LogP contribution in [0.1, 0.15) is 19.8 Å². The van der Waals surface area contributed by atoms with E-state index in [1.165, 1.54) is 0 Å². The van der Waals surface area contributed by atoms with Crippen LogP contribution in [0, 0.1) is 5.92 Å². The van der Waals surface area contributed by atoms with E-state index in [1.54, 1.807) is 6.08 Å². The fourth-order valence-corrected chi connectivity index (χ4v) is 3.62. The monoisotopic (exact) mass is 292 g/mol. The van der Waals surface area contributed by atoms with Gasteiger partial charge in [-0.2, -0.15) is 0 Å². The van der Waals surface area contributed by atoms with Crippen molar-refractivity contribution >= 4 is 11.9 Å². The highest BCUT2D eigenvalue weighted by molar-refractivity contribution is 5.94. The van der Waals surface area contributed by atoms with Crippen molar-refractivity contribution in [1.82, 2.24) is 0 Å². The van der Waals surface area contributed by atoms with Crippen molar-refractivity contribution < 1.29 is 28.9 Å². The van der Waals surface area contributed by atoms with Crippen molar-refractivity contribution in [3.8, 4) is 0 Å². The summed E-state index contributed by atoms with van der Waals surface area (Å²) in [5, 5.41) is 10.2. The maximum atomic E-state index is 11.9. The molecular formula is C15H16O6. The summed E-state index contributed by atoms with van der Waals surface area (Å²) in [6.45, 7) is 5.70. The molecule has 0 aromatic heterocycles. The Morgan fingerprint density at radius 3 is 2.86 bits per heavy atom. The van der Waals surface area contributed by atoms with Crippen LogP contribution in [0.25, 0.3) is 0 Å². The molecule has 2 fully saturated rings. The number of hydrogen-bond acceptors (Lipinski definition) is 6. The summed E-state index contributed by atoms with van der Waals surface area (Å²) in [6.07, 6.45) is 0.383. The van der Waals surface area contributed by atoms with Gasteiger partial charge in [0.1, 0.15) is 12.2 Å². The zero-order valence-electron chi connectivity index (χ0n) is 11.6. The van der Waals surface area contributed by atoms with Gasteiger partial charge in [-0.15, -0.1) is 0 Å². The first-order valence-corrected chi connectivity index (χ1v) is 7.07. The Morgan fingerprint density at radius 2 is 2.10 bits per heavy atom. The minimum absolute atomic E-state index is 0.147. The molecule has 3 aliphatic heterocycles. The number of ether oxygens (including phenoxy) is 3. The van der Waals surface area contributed by atoms with Gasteiger partial charge in [-0.3, -0.25) is 0 Å². The molecule has 0 saturated carbocycles. The fraction of sp³-hybridized carbons (Fsp3) is 0.600. The normalized spacial score (nSPS) is 48.0. The summed E-state index contributed by atoms with van der Waals surface area (Å²) in [5.41, 5.74) is 0.117. The summed E-state index contributed by atoms with van der Waals surface area (Å²) >= 11 is 0. The number of rotatable bonds is 0. The second-order valence-electron chi connectivity index (χ2n) is 6.36. The van der Waals surface area contributed by atoms with Crippen molar-refractivity contribution in [2.45, 2.75) is 49.8 Å². The van der Waals surface area contributed by atoms with Crippen molar-refractivity contribution in [1.29, 1.82) is 0 Å². The Kier molecular flexibility index (Phi) is 2.45. The van der Waals surface area contributed by atoms with E-state index in [9.17, 15) is 14.7 Å². The van der Waals surface area contributed by atoms with Gasteiger partial charge in [0.05, 0.1) is 29.3 Å². The Labute approximate surface area is 121 Å².